The van der Waals surface area contributed by atoms with Crippen molar-refractivity contribution < 1.29 is 12.8 Å². The highest BCUT2D eigenvalue weighted by molar-refractivity contribution is 7.90. The molecule has 0 amide bonds. The standard InChI is InChI=1S/C23H17Cl2NO3S/c1-30(27,28)17-12-10-16(11-13-17)23-22(21-18(24)8-5-9-19(21)25)26-20(29-23)14-15-6-3-2-4-7-15/h2-13H,14H2,1H3. The molecule has 0 N–H and O–H groups in total. The van der Waals surface area contributed by atoms with Crippen LogP contribution in [-0.2, 0) is 16.3 Å². The summed E-state index contributed by atoms with van der Waals surface area (Å²) in [7, 11) is -3.30. The van der Waals surface area contributed by atoms with Crippen molar-refractivity contribution in [3.8, 4) is 22.6 Å². The van der Waals surface area contributed by atoms with Gasteiger partial charge in [0, 0.05) is 23.8 Å². The number of aromatic nitrogens is 1. The molecule has 1 heterocycles. The molecule has 0 unspecified atom stereocenters. The van der Waals surface area contributed by atoms with Gasteiger partial charge >= 0.3 is 0 Å². The van der Waals surface area contributed by atoms with Crippen LogP contribution in [0.15, 0.2) is 82.1 Å². The van der Waals surface area contributed by atoms with Crippen molar-refractivity contribution >= 4 is 33.0 Å². The Morgan fingerprint density at radius 1 is 0.867 bits per heavy atom. The maximum atomic E-state index is 11.8. The third kappa shape index (κ3) is 4.29. The van der Waals surface area contributed by atoms with Crippen LogP contribution in [0.25, 0.3) is 22.6 Å². The molecule has 0 fully saturated rings. The Labute approximate surface area is 185 Å². The van der Waals surface area contributed by atoms with Gasteiger partial charge in [-0.15, -0.1) is 0 Å². The number of halogens is 2. The predicted molar refractivity (Wildman–Crippen MR) is 120 cm³/mol. The predicted octanol–water partition coefficient (Wildman–Crippen LogP) is 6.31. The lowest BCUT2D eigenvalue weighted by Crippen LogP contribution is -1.96. The summed E-state index contributed by atoms with van der Waals surface area (Å²) >= 11 is 12.9. The van der Waals surface area contributed by atoms with Crippen LogP contribution in [0.4, 0.5) is 0 Å². The third-order valence-electron chi connectivity index (χ3n) is 4.61. The summed E-state index contributed by atoms with van der Waals surface area (Å²) in [6.07, 6.45) is 1.67. The molecular formula is C23H17Cl2NO3S. The molecule has 0 saturated heterocycles. The Morgan fingerprint density at radius 3 is 2.10 bits per heavy atom. The Morgan fingerprint density at radius 2 is 1.50 bits per heavy atom. The van der Waals surface area contributed by atoms with E-state index >= 15 is 0 Å². The summed E-state index contributed by atoms with van der Waals surface area (Å²) in [6, 6.07) is 21.6. The second kappa shape index (κ2) is 8.26. The average molecular weight is 458 g/mol. The van der Waals surface area contributed by atoms with Gasteiger partial charge in [0.25, 0.3) is 0 Å². The van der Waals surface area contributed by atoms with E-state index in [0.29, 0.717) is 44.9 Å². The minimum absolute atomic E-state index is 0.229. The molecule has 0 aliphatic heterocycles. The molecule has 0 bridgehead atoms. The molecule has 30 heavy (non-hydrogen) atoms. The number of benzene rings is 3. The summed E-state index contributed by atoms with van der Waals surface area (Å²) in [6.45, 7) is 0. The minimum Gasteiger partial charge on any atom is -0.440 e. The molecule has 0 aliphatic carbocycles. The molecule has 0 aliphatic rings. The van der Waals surface area contributed by atoms with E-state index in [1.54, 1.807) is 42.5 Å². The van der Waals surface area contributed by atoms with Crippen LogP contribution in [0, 0.1) is 0 Å². The summed E-state index contributed by atoms with van der Waals surface area (Å²) in [5.41, 5.74) is 2.82. The zero-order valence-electron chi connectivity index (χ0n) is 16.0. The van der Waals surface area contributed by atoms with Gasteiger partial charge < -0.3 is 4.42 Å². The first-order chi connectivity index (χ1) is 14.3. The van der Waals surface area contributed by atoms with Gasteiger partial charge in [-0.05, 0) is 42.0 Å². The summed E-state index contributed by atoms with van der Waals surface area (Å²) < 4.78 is 29.7. The lowest BCUT2D eigenvalue weighted by Gasteiger charge is -2.06. The fourth-order valence-electron chi connectivity index (χ4n) is 3.15. The van der Waals surface area contributed by atoms with Crippen molar-refractivity contribution in [3.05, 3.63) is 94.3 Å². The average Bonchev–Trinajstić information content (AvgIpc) is 3.11. The minimum atomic E-state index is -3.30. The summed E-state index contributed by atoms with van der Waals surface area (Å²) in [5.74, 6) is 0.991. The highest BCUT2D eigenvalue weighted by Gasteiger charge is 2.22. The van der Waals surface area contributed by atoms with E-state index < -0.39 is 9.84 Å². The van der Waals surface area contributed by atoms with E-state index in [1.165, 1.54) is 6.26 Å². The van der Waals surface area contributed by atoms with Gasteiger partial charge in [0.1, 0.15) is 5.69 Å². The van der Waals surface area contributed by atoms with Gasteiger partial charge in [-0.3, -0.25) is 0 Å². The van der Waals surface area contributed by atoms with Gasteiger partial charge in [0.2, 0.25) is 0 Å². The fraction of sp³-hybridized carbons (Fsp3) is 0.0870. The Hall–Kier alpha value is -2.60. The maximum absolute atomic E-state index is 11.8. The molecule has 152 valence electrons. The summed E-state index contributed by atoms with van der Waals surface area (Å²) in [4.78, 5) is 4.92. The van der Waals surface area contributed by atoms with Gasteiger partial charge in [-0.2, -0.15) is 0 Å². The van der Waals surface area contributed by atoms with Gasteiger partial charge in [0.05, 0.1) is 14.9 Å². The number of rotatable bonds is 5. The number of hydrogen-bond donors (Lipinski definition) is 0. The van der Waals surface area contributed by atoms with Crippen molar-refractivity contribution in [2.24, 2.45) is 0 Å². The molecule has 4 aromatic rings. The number of oxazole rings is 1. The van der Waals surface area contributed by atoms with E-state index in [9.17, 15) is 8.42 Å². The molecule has 7 heteroatoms. The van der Waals surface area contributed by atoms with Crippen LogP contribution >= 0.6 is 23.2 Å². The van der Waals surface area contributed by atoms with Crippen molar-refractivity contribution in [3.63, 3.8) is 0 Å². The molecule has 0 saturated carbocycles. The second-order valence-corrected chi connectivity index (χ2v) is 9.67. The van der Waals surface area contributed by atoms with Gasteiger partial charge in [0.15, 0.2) is 21.5 Å². The molecule has 0 atom stereocenters. The van der Waals surface area contributed by atoms with Gasteiger partial charge in [-0.1, -0.05) is 59.6 Å². The smallest absolute Gasteiger partial charge is 0.199 e. The first-order valence-electron chi connectivity index (χ1n) is 9.11. The monoisotopic (exact) mass is 457 g/mol. The van der Waals surface area contributed by atoms with E-state index in [0.717, 1.165) is 5.56 Å². The van der Waals surface area contributed by atoms with Crippen molar-refractivity contribution in [2.45, 2.75) is 11.3 Å². The molecular weight excluding hydrogens is 441 g/mol. The maximum Gasteiger partial charge on any atom is 0.199 e. The normalized spacial score (nSPS) is 11.6. The Bertz CT molecular complexity index is 1280. The molecule has 3 aromatic carbocycles. The molecule has 4 nitrogen and oxygen atoms in total. The van der Waals surface area contributed by atoms with Crippen LogP contribution in [0.3, 0.4) is 0 Å². The molecule has 0 radical (unpaired) electrons. The summed E-state index contributed by atoms with van der Waals surface area (Å²) in [5, 5.41) is 0.909. The molecule has 0 spiro atoms. The van der Waals surface area contributed by atoms with Crippen LogP contribution in [0.2, 0.25) is 10.0 Å². The van der Waals surface area contributed by atoms with Crippen LogP contribution < -0.4 is 0 Å². The Balaban J connectivity index is 1.85. The fourth-order valence-corrected chi connectivity index (χ4v) is 4.36. The number of hydrogen-bond acceptors (Lipinski definition) is 4. The van der Waals surface area contributed by atoms with Gasteiger partial charge in [-0.25, -0.2) is 13.4 Å². The first-order valence-corrected chi connectivity index (χ1v) is 11.8. The lowest BCUT2D eigenvalue weighted by molar-refractivity contribution is 0.519. The topological polar surface area (TPSA) is 60.2 Å². The first kappa shape index (κ1) is 20.7. The van der Waals surface area contributed by atoms with Crippen LogP contribution in [0.1, 0.15) is 11.5 Å². The third-order valence-corrected chi connectivity index (χ3v) is 6.37. The SMILES string of the molecule is CS(=O)(=O)c1ccc(-c2oc(Cc3ccccc3)nc2-c2c(Cl)cccc2Cl)cc1. The van der Waals surface area contributed by atoms with Crippen LogP contribution in [-0.4, -0.2) is 19.7 Å². The number of nitrogens with zero attached hydrogens (tertiary/aromatic N) is 1. The Kier molecular flexibility index (Phi) is 5.69. The van der Waals surface area contributed by atoms with E-state index in [2.05, 4.69) is 0 Å². The zero-order chi connectivity index (χ0) is 21.3. The van der Waals surface area contributed by atoms with E-state index in [4.69, 9.17) is 32.6 Å². The highest BCUT2D eigenvalue weighted by atomic mass is 35.5. The van der Waals surface area contributed by atoms with E-state index in [-0.39, 0.29) is 4.90 Å². The van der Waals surface area contributed by atoms with Crippen LogP contribution in [0.5, 0.6) is 0 Å². The second-order valence-electron chi connectivity index (χ2n) is 6.84. The van der Waals surface area contributed by atoms with E-state index in [1.807, 2.05) is 30.3 Å². The zero-order valence-corrected chi connectivity index (χ0v) is 18.3. The van der Waals surface area contributed by atoms with Crippen molar-refractivity contribution in [1.82, 2.24) is 4.98 Å². The quantitative estimate of drug-likeness (QED) is 0.352. The lowest BCUT2D eigenvalue weighted by atomic mass is 10.1. The molecule has 1 aromatic heterocycles. The van der Waals surface area contributed by atoms with Crippen molar-refractivity contribution in [1.29, 1.82) is 0 Å². The number of sulfone groups is 1. The largest absolute Gasteiger partial charge is 0.440 e. The molecule has 4 rings (SSSR count). The van der Waals surface area contributed by atoms with Crippen molar-refractivity contribution in [2.75, 3.05) is 6.26 Å². The highest BCUT2D eigenvalue weighted by Crippen LogP contribution is 2.40.